The van der Waals surface area contributed by atoms with Crippen molar-refractivity contribution in [1.29, 1.82) is 0 Å². The molecule has 2 atom stereocenters. The number of piperidine rings is 1. The molecule has 1 saturated heterocycles. The number of hydrogen-bond donors (Lipinski definition) is 1. The van der Waals surface area contributed by atoms with Crippen molar-refractivity contribution in [1.82, 2.24) is 4.98 Å². The minimum absolute atomic E-state index is 0.0166. The molecule has 2 heterocycles. The maximum Gasteiger partial charge on any atom is 0.393 e. The molecule has 1 aromatic rings. The van der Waals surface area contributed by atoms with Gasteiger partial charge in [0.1, 0.15) is 0 Å². The van der Waals surface area contributed by atoms with Crippen LogP contribution in [0.1, 0.15) is 31.5 Å². The lowest BCUT2D eigenvalue weighted by Gasteiger charge is -2.35. The minimum atomic E-state index is -4.11. The van der Waals surface area contributed by atoms with Crippen molar-refractivity contribution in [3.63, 3.8) is 0 Å². The van der Waals surface area contributed by atoms with E-state index in [4.69, 9.17) is 5.73 Å². The molecule has 6 heteroatoms. The van der Waals surface area contributed by atoms with Gasteiger partial charge >= 0.3 is 6.18 Å². The molecule has 1 aromatic heterocycles. The van der Waals surface area contributed by atoms with E-state index in [9.17, 15) is 13.2 Å². The summed E-state index contributed by atoms with van der Waals surface area (Å²) in [6.45, 7) is 2.48. The first kappa shape index (κ1) is 14.1. The number of nitrogens with zero attached hydrogens (tertiary/aromatic N) is 2. The summed E-state index contributed by atoms with van der Waals surface area (Å²) in [6, 6.07) is 3.40. The first-order valence-electron chi connectivity index (χ1n) is 6.41. The van der Waals surface area contributed by atoms with Gasteiger partial charge in [-0.05, 0) is 31.9 Å². The summed E-state index contributed by atoms with van der Waals surface area (Å²) >= 11 is 0. The maximum atomic E-state index is 12.7. The van der Waals surface area contributed by atoms with Crippen LogP contribution in [0, 0.1) is 5.92 Å². The van der Waals surface area contributed by atoms with E-state index in [1.165, 1.54) is 0 Å². The molecule has 3 nitrogen and oxygen atoms in total. The number of alkyl halides is 3. The molecule has 0 spiro atoms. The molecule has 0 bridgehead atoms. The predicted molar refractivity (Wildman–Crippen MR) is 67.8 cm³/mol. The Balaban J connectivity index is 2.09. The van der Waals surface area contributed by atoms with Crippen LogP contribution < -0.4 is 10.6 Å². The zero-order valence-electron chi connectivity index (χ0n) is 10.8. The van der Waals surface area contributed by atoms with Crippen LogP contribution in [0.25, 0.3) is 0 Å². The van der Waals surface area contributed by atoms with Gasteiger partial charge in [-0.2, -0.15) is 13.2 Å². The van der Waals surface area contributed by atoms with Crippen molar-refractivity contribution in [3.8, 4) is 0 Å². The predicted octanol–water partition coefficient (Wildman–Crippen LogP) is 2.88. The maximum absolute atomic E-state index is 12.7. The smallest absolute Gasteiger partial charge is 0.370 e. The van der Waals surface area contributed by atoms with Gasteiger partial charge in [0.2, 0.25) is 0 Å². The van der Waals surface area contributed by atoms with Crippen LogP contribution in [0.5, 0.6) is 0 Å². The van der Waals surface area contributed by atoms with E-state index in [2.05, 4.69) is 4.98 Å². The van der Waals surface area contributed by atoms with Crippen LogP contribution in [-0.2, 0) is 0 Å². The van der Waals surface area contributed by atoms with Crippen LogP contribution in [0.2, 0.25) is 0 Å². The van der Waals surface area contributed by atoms with Crippen molar-refractivity contribution in [2.24, 2.45) is 11.7 Å². The molecule has 2 rings (SSSR count). The van der Waals surface area contributed by atoms with E-state index in [-0.39, 0.29) is 19.0 Å². The fraction of sp³-hybridized carbons (Fsp3) is 0.615. The second-order valence-electron chi connectivity index (χ2n) is 5.06. The van der Waals surface area contributed by atoms with Crippen LogP contribution in [0.3, 0.4) is 0 Å². The first-order chi connectivity index (χ1) is 8.88. The summed E-state index contributed by atoms with van der Waals surface area (Å²) in [5.74, 6) is -1.24. The summed E-state index contributed by atoms with van der Waals surface area (Å²) in [6.07, 6.45) is -1.74. The average Bonchev–Trinajstić information content (AvgIpc) is 2.38. The molecule has 1 aliphatic rings. The molecule has 2 N–H and O–H groups in total. The van der Waals surface area contributed by atoms with Gasteiger partial charge in [0, 0.05) is 19.1 Å². The van der Waals surface area contributed by atoms with E-state index in [0.29, 0.717) is 13.0 Å². The van der Waals surface area contributed by atoms with Gasteiger partial charge in [-0.15, -0.1) is 0 Å². The highest BCUT2D eigenvalue weighted by Crippen LogP contribution is 2.34. The fourth-order valence-corrected chi connectivity index (χ4v) is 2.33. The molecular weight excluding hydrogens is 255 g/mol. The van der Waals surface area contributed by atoms with E-state index in [0.717, 1.165) is 11.4 Å². The van der Waals surface area contributed by atoms with Crippen LogP contribution in [-0.4, -0.2) is 24.2 Å². The molecule has 0 aromatic carbocycles. The van der Waals surface area contributed by atoms with Crippen LogP contribution in [0.15, 0.2) is 18.3 Å². The average molecular weight is 273 g/mol. The molecule has 1 unspecified atom stereocenters. The summed E-state index contributed by atoms with van der Waals surface area (Å²) in [4.78, 5) is 5.94. The van der Waals surface area contributed by atoms with Gasteiger partial charge < -0.3 is 10.6 Å². The molecule has 0 saturated carbocycles. The topological polar surface area (TPSA) is 42.1 Å². The second-order valence-corrected chi connectivity index (χ2v) is 5.06. The molecule has 106 valence electrons. The summed E-state index contributed by atoms with van der Waals surface area (Å²) in [5.41, 5.74) is 7.17. The number of rotatable bonds is 2. The zero-order chi connectivity index (χ0) is 14.0. The minimum Gasteiger partial charge on any atom is -0.370 e. The van der Waals surface area contributed by atoms with Crippen molar-refractivity contribution < 1.29 is 13.2 Å². The van der Waals surface area contributed by atoms with Gasteiger partial charge in [-0.1, -0.05) is 0 Å². The Morgan fingerprint density at radius 2 is 2.16 bits per heavy atom. The Morgan fingerprint density at radius 3 is 2.68 bits per heavy atom. The Morgan fingerprint density at radius 1 is 1.42 bits per heavy atom. The summed E-state index contributed by atoms with van der Waals surface area (Å²) < 4.78 is 38.2. The lowest BCUT2D eigenvalue weighted by atomic mass is 9.97. The molecule has 19 heavy (non-hydrogen) atoms. The van der Waals surface area contributed by atoms with Crippen molar-refractivity contribution in [2.45, 2.75) is 32.0 Å². The van der Waals surface area contributed by atoms with Crippen molar-refractivity contribution in [2.75, 3.05) is 18.0 Å². The Kier molecular flexibility index (Phi) is 3.99. The first-order valence-corrected chi connectivity index (χ1v) is 6.41. The summed E-state index contributed by atoms with van der Waals surface area (Å²) in [5, 5.41) is 0. The second kappa shape index (κ2) is 5.36. The Hall–Kier alpha value is -1.30. The standard InChI is InChI=1S/C13H18F3N3/c1-9(17)12-5-4-11(7-18-12)19-6-2-3-10(8-19)13(14,15)16/h4-5,7,9-10H,2-3,6,8,17H2,1H3/t9-,10?/m0/s1. The highest BCUT2D eigenvalue weighted by molar-refractivity contribution is 5.45. The van der Waals surface area contributed by atoms with E-state index in [1.54, 1.807) is 23.2 Å². The third kappa shape index (κ3) is 3.37. The van der Waals surface area contributed by atoms with E-state index in [1.807, 2.05) is 6.92 Å². The van der Waals surface area contributed by atoms with Gasteiger partial charge in [-0.3, -0.25) is 4.98 Å². The van der Waals surface area contributed by atoms with Crippen molar-refractivity contribution in [3.05, 3.63) is 24.0 Å². The van der Waals surface area contributed by atoms with E-state index >= 15 is 0 Å². The van der Waals surface area contributed by atoms with Crippen LogP contribution >= 0.6 is 0 Å². The highest BCUT2D eigenvalue weighted by Gasteiger charge is 2.41. The zero-order valence-corrected chi connectivity index (χ0v) is 10.8. The van der Waals surface area contributed by atoms with E-state index < -0.39 is 12.1 Å². The number of hydrogen-bond acceptors (Lipinski definition) is 3. The highest BCUT2D eigenvalue weighted by atomic mass is 19.4. The number of halogens is 3. The van der Waals surface area contributed by atoms with Gasteiger partial charge in [0.25, 0.3) is 0 Å². The monoisotopic (exact) mass is 273 g/mol. The molecule has 0 aliphatic carbocycles. The largest absolute Gasteiger partial charge is 0.393 e. The number of pyridine rings is 1. The lowest BCUT2D eigenvalue weighted by molar-refractivity contribution is -0.175. The molecule has 1 aliphatic heterocycles. The van der Waals surface area contributed by atoms with Gasteiger partial charge in [0.15, 0.2) is 0 Å². The Labute approximate surface area is 110 Å². The Bertz CT molecular complexity index is 414. The molecule has 0 amide bonds. The molecule has 0 radical (unpaired) electrons. The van der Waals surface area contributed by atoms with Crippen LogP contribution in [0.4, 0.5) is 18.9 Å². The normalized spacial score (nSPS) is 22.4. The lowest BCUT2D eigenvalue weighted by Crippen LogP contribution is -2.41. The quantitative estimate of drug-likeness (QED) is 0.901. The number of anilines is 1. The number of aromatic nitrogens is 1. The molecular formula is C13H18F3N3. The third-order valence-corrected chi connectivity index (χ3v) is 3.49. The summed E-state index contributed by atoms with van der Waals surface area (Å²) in [7, 11) is 0. The van der Waals surface area contributed by atoms with Crippen molar-refractivity contribution >= 4 is 5.69 Å². The third-order valence-electron chi connectivity index (χ3n) is 3.49. The van der Waals surface area contributed by atoms with Gasteiger partial charge in [-0.25, -0.2) is 0 Å². The number of nitrogens with two attached hydrogens (primary N) is 1. The SMILES string of the molecule is C[C@H](N)c1ccc(N2CCCC(C(F)(F)F)C2)cn1. The fourth-order valence-electron chi connectivity index (χ4n) is 2.33. The van der Waals surface area contributed by atoms with Gasteiger partial charge in [0.05, 0.1) is 23.5 Å². The molecule has 1 fully saturated rings.